The molecule has 0 atom stereocenters. The maximum Gasteiger partial charge on any atom is 1.00 e. The quantitative estimate of drug-likeness (QED) is 0.451. The smallest absolute Gasteiger partial charge is 1.00 e. The van der Waals surface area contributed by atoms with E-state index in [2.05, 4.69) is 0 Å². The molecule has 0 N–H and O–H groups in total. The number of hydrogen-bond acceptors (Lipinski definition) is 0. The van der Waals surface area contributed by atoms with Gasteiger partial charge in [-0.3, -0.25) is 0 Å². The van der Waals surface area contributed by atoms with Gasteiger partial charge in [-0.2, -0.15) is 79.0 Å². The van der Waals surface area contributed by atoms with Gasteiger partial charge in [-0.05, 0) is 0 Å². The summed E-state index contributed by atoms with van der Waals surface area (Å²) in [4.78, 5) is 0. The van der Waals surface area contributed by atoms with Crippen LogP contribution in [0.2, 0.25) is 0 Å². The molecule has 0 aromatic heterocycles. The summed E-state index contributed by atoms with van der Waals surface area (Å²) in [6, 6.07) is 0. The van der Waals surface area contributed by atoms with Gasteiger partial charge in [0.1, 0.15) is 0 Å². The Hall–Kier alpha value is -0.663. The summed E-state index contributed by atoms with van der Waals surface area (Å²) in [5.74, 6) is -51.0. The standard InChI is InChI=1S/C8F18.Li.H/c9-1(10,3(13,14)5(17,18)7(21,22)23)2(11,12)4(15,16)6(19,20)8(24,25)26;;/q;+1;-1. The molecule has 0 nitrogen and oxygen atoms in total. The van der Waals surface area contributed by atoms with Crippen LogP contribution in [0.5, 0.6) is 0 Å². The van der Waals surface area contributed by atoms with Crippen molar-refractivity contribution in [1.82, 2.24) is 0 Å². The fraction of sp³-hybridized carbons (Fsp3) is 1.00. The van der Waals surface area contributed by atoms with E-state index in [1.54, 1.807) is 0 Å². The van der Waals surface area contributed by atoms with Crippen LogP contribution in [0.25, 0.3) is 0 Å². The van der Waals surface area contributed by atoms with E-state index < -0.39 is 47.9 Å². The first-order valence-corrected chi connectivity index (χ1v) is 5.15. The van der Waals surface area contributed by atoms with E-state index in [1.807, 2.05) is 0 Å². The SMILES string of the molecule is FC(F)(F)C(F)(F)C(F)(F)C(F)(F)C(F)(F)C(F)(F)C(F)(F)C(F)(F)F.[H-].[Li+]. The molecule has 0 aliphatic carbocycles. The largest absolute Gasteiger partial charge is 1.00 e. The Labute approximate surface area is 148 Å². The first kappa shape index (κ1) is 28.5. The van der Waals surface area contributed by atoms with Crippen molar-refractivity contribution in [2.75, 3.05) is 0 Å². The number of alkyl halides is 18. The molecule has 0 aliphatic heterocycles. The number of rotatable bonds is 5. The van der Waals surface area contributed by atoms with Crippen LogP contribution in [-0.2, 0) is 0 Å². The van der Waals surface area contributed by atoms with E-state index in [1.165, 1.54) is 0 Å². The normalized spacial score (nSPS) is 16.2. The van der Waals surface area contributed by atoms with Crippen LogP contribution in [0, 0.1) is 0 Å². The first-order chi connectivity index (χ1) is 10.8. The van der Waals surface area contributed by atoms with Crippen LogP contribution >= 0.6 is 0 Å². The minimum absolute atomic E-state index is 0. The van der Waals surface area contributed by atoms with Crippen molar-refractivity contribution in [2.24, 2.45) is 0 Å². The average molecular weight is 446 g/mol. The zero-order valence-electron chi connectivity index (χ0n) is 12.8. The Morgan fingerprint density at radius 3 is 0.481 bits per heavy atom. The Morgan fingerprint density at radius 2 is 0.370 bits per heavy atom. The minimum Gasteiger partial charge on any atom is -1.00 e. The molecule has 0 heterocycles. The van der Waals surface area contributed by atoms with Crippen molar-refractivity contribution < 1.29 is 99.3 Å². The summed E-state index contributed by atoms with van der Waals surface area (Å²) in [5.41, 5.74) is 0. The molecule has 0 rings (SSSR count). The van der Waals surface area contributed by atoms with Gasteiger partial charge >= 0.3 is 66.7 Å². The second-order valence-corrected chi connectivity index (χ2v) is 4.44. The molecule has 0 bridgehead atoms. The van der Waals surface area contributed by atoms with Crippen molar-refractivity contribution in [1.29, 1.82) is 0 Å². The van der Waals surface area contributed by atoms with Gasteiger partial charge in [-0.25, -0.2) is 0 Å². The molecule has 0 aromatic carbocycles. The maximum atomic E-state index is 12.8. The Bertz CT molecular complexity index is 481. The summed E-state index contributed by atoms with van der Waals surface area (Å²) in [6.45, 7) is 0. The summed E-state index contributed by atoms with van der Waals surface area (Å²) in [5, 5.41) is 0. The van der Waals surface area contributed by atoms with Gasteiger partial charge in [0.2, 0.25) is 0 Å². The first-order valence-electron chi connectivity index (χ1n) is 5.15. The van der Waals surface area contributed by atoms with Crippen molar-refractivity contribution in [3.8, 4) is 0 Å². The third kappa shape index (κ3) is 3.55. The molecule has 0 fully saturated rings. The third-order valence-electron chi connectivity index (χ3n) is 2.68. The second kappa shape index (κ2) is 6.70. The minimum atomic E-state index is -8.72. The van der Waals surface area contributed by atoms with Crippen LogP contribution in [0.1, 0.15) is 1.43 Å². The van der Waals surface area contributed by atoms with Gasteiger partial charge in [0, 0.05) is 0 Å². The van der Waals surface area contributed by atoms with Gasteiger partial charge in [0.15, 0.2) is 0 Å². The molecule has 0 spiro atoms. The zero-order valence-corrected chi connectivity index (χ0v) is 11.8. The molecule has 0 unspecified atom stereocenters. The maximum absolute atomic E-state index is 12.8. The van der Waals surface area contributed by atoms with Crippen LogP contribution in [-0.4, -0.2) is 47.9 Å². The fourth-order valence-electron chi connectivity index (χ4n) is 1.14. The van der Waals surface area contributed by atoms with Crippen LogP contribution < -0.4 is 18.9 Å². The van der Waals surface area contributed by atoms with Gasteiger partial charge in [0.25, 0.3) is 0 Å². The molecular weight excluding hydrogens is 445 g/mol. The molecule has 0 saturated heterocycles. The Kier molecular flexibility index (Phi) is 7.08. The molecule has 0 aromatic rings. The zero-order chi connectivity index (χ0) is 22.0. The van der Waals surface area contributed by atoms with E-state index in [0.717, 1.165) is 0 Å². The van der Waals surface area contributed by atoms with Crippen molar-refractivity contribution >= 4 is 0 Å². The fourth-order valence-corrected chi connectivity index (χ4v) is 1.14. The molecule has 0 saturated carbocycles. The Balaban J connectivity index is -0.00000312. The van der Waals surface area contributed by atoms with E-state index in [-0.39, 0.29) is 20.3 Å². The summed E-state index contributed by atoms with van der Waals surface area (Å²) >= 11 is 0. The molecule has 0 aliphatic rings. The average Bonchev–Trinajstić information content (AvgIpc) is 2.34. The summed E-state index contributed by atoms with van der Waals surface area (Å²) in [7, 11) is 0. The van der Waals surface area contributed by atoms with Gasteiger partial charge in [-0.15, -0.1) is 0 Å². The van der Waals surface area contributed by atoms with E-state index in [0.29, 0.717) is 0 Å². The Morgan fingerprint density at radius 1 is 0.259 bits per heavy atom. The molecule has 19 heteroatoms. The van der Waals surface area contributed by atoms with E-state index in [9.17, 15) is 79.0 Å². The van der Waals surface area contributed by atoms with Crippen LogP contribution in [0.15, 0.2) is 0 Å². The topological polar surface area (TPSA) is 0 Å². The monoisotopic (exact) mass is 446 g/mol. The number of hydrogen-bond donors (Lipinski definition) is 0. The van der Waals surface area contributed by atoms with E-state index in [4.69, 9.17) is 0 Å². The van der Waals surface area contributed by atoms with Crippen LogP contribution in [0.4, 0.5) is 79.0 Å². The van der Waals surface area contributed by atoms with Gasteiger partial charge in [-0.1, -0.05) is 0 Å². The van der Waals surface area contributed by atoms with Gasteiger partial charge in [0.05, 0.1) is 0 Å². The van der Waals surface area contributed by atoms with Crippen molar-refractivity contribution in [3.63, 3.8) is 0 Å². The molecule has 160 valence electrons. The molecule has 0 radical (unpaired) electrons. The van der Waals surface area contributed by atoms with Crippen molar-refractivity contribution in [2.45, 2.75) is 47.9 Å². The number of halogens is 18. The summed E-state index contributed by atoms with van der Waals surface area (Å²) < 4.78 is 221. The second-order valence-electron chi connectivity index (χ2n) is 4.44. The predicted molar refractivity (Wildman–Crippen MR) is 42.9 cm³/mol. The molecule has 0 amide bonds. The van der Waals surface area contributed by atoms with Gasteiger partial charge < -0.3 is 1.43 Å². The summed E-state index contributed by atoms with van der Waals surface area (Å²) in [6.07, 6.45) is -15.6. The molecular formula is C8HF18Li. The van der Waals surface area contributed by atoms with Crippen LogP contribution in [0.3, 0.4) is 0 Å². The van der Waals surface area contributed by atoms with E-state index >= 15 is 0 Å². The van der Waals surface area contributed by atoms with Crippen molar-refractivity contribution in [3.05, 3.63) is 0 Å². The predicted octanol–water partition coefficient (Wildman–Crippen LogP) is 3.04. The molecule has 27 heavy (non-hydrogen) atoms. The third-order valence-corrected chi connectivity index (χ3v) is 2.68.